The van der Waals surface area contributed by atoms with Crippen molar-refractivity contribution in [2.75, 3.05) is 13.2 Å². The Bertz CT molecular complexity index is 2060. The van der Waals surface area contributed by atoms with Crippen LogP contribution >= 0.6 is 34.8 Å². The molecule has 0 saturated heterocycles. The Balaban J connectivity index is 0.000000201. The molecule has 0 amide bonds. The molecule has 0 aliphatic carbocycles. The zero-order valence-electron chi connectivity index (χ0n) is 29.7. The van der Waals surface area contributed by atoms with Crippen LogP contribution in [0.4, 0.5) is 0 Å². The van der Waals surface area contributed by atoms with Gasteiger partial charge in [0.05, 0.1) is 12.5 Å². The van der Waals surface area contributed by atoms with E-state index in [1.165, 1.54) is 9.59 Å². The largest absolute Gasteiger partial charge is 0.505 e. The zero-order valence-corrected chi connectivity index (χ0v) is 32.0. The van der Waals surface area contributed by atoms with E-state index in [-0.39, 0.29) is 17.4 Å². The molecule has 2 aromatic heterocycles. The standard InChI is InChI=1S/C19H22ClN3O2.C14H11Cl2N3O.C5H12O/c1-12(2)6-7-25-11-14-8-13(3)9-18(19(14)24)23-21-16-5-4-15(20)10-17(16)22-23;1-8-4-9(7-15)14(20)13(5-8)19-17-11-3-2-10(16)6-12(11)18-19;1-5(2)3-4-6/h4-5,8-10,12,24H,6-7,11H2,1-3H3;2-6,20H,7H2,1H3;5-6H,3-4H2,1-2H3. The summed E-state index contributed by atoms with van der Waals surface area (Å²) in [5.74, 6) is 1.70. The van der Waals surface area contributed by atoms with Crippen LogP contribution in [0.25, 0.3) is 33.4 Å². The van der Waals surface area contributed by atoms with Gasteiger partial charge in [0.25, 0.3) is 0 Å². The number of rotatable bonds is 10. The van der Waals surface area contributed by atoms with Crippen LogP contribution in [0.5, 0.6) is 11.5 Å². The quantitative estimate of drug-likeness (QED) is 0.0931. The summed E-state index contributed by atoms with van der Waals surface area (Å²) < 4.78 is 5.70. The van der Waals surface area contributed by atoms with Gasteiger partial charge >= 0.3 is 0 Å². The van der Waals surface area contributed by atoms with Crippen LogP contribution in [0.1, 0.15) is 62.8 Å². The highest BCUT2D eigenvalue weighted by Gasteiger charge is 2.15. The number of phenols is 2. The maximum Gasteiger partial charge on any atom is 0.148 e. The van der Waals surface area contributed by atoms with Gasteiger partial charge in [-0.15, -0.1) is 41.6 Å². The van der Waals surface area contributed by atoms with E-state index >= 15 is 0 Å². The van der Waals surface area contributed by atoms with Crippen molar-refractivity contribution >= 4 is 56.9 Å². The average molecular weight is 756 g/mol. The number of aromatic hydroxyl groups is 2. The highest BCUT2D eigenvalue weighted by atomic mass is 35.5. The van der Waals surface area contributed by atoms with Crippen LogP contribution < -0.4 is 0 Å². The lowest BCUT2D eigenvalue weighted by atomic mass is 10.1. The summed E-state index contributed by atoms with van der Waals surface area (Å²) in [5.41, 5.74) is 7.21. The first-order chi connectivity index (χ1) is 24.3. The maximum absolute atomic E-state index is 10.6. The van der Waals surface area contributed by atoms with E-state index < -0.39 is 0 Å². The number of halogens is 3. The van der Waals surface area contributed by atoms with Gasteiger partial charge in [-0.2, -0.15) is 0 Å². The Hall–Kier alpha value is -3.93. The minimum atomic E-state index is 0.0944. The Labute approximate surface area is 313 Å². The molecule has 0 fully saturated rings. The van der Waals surface area contributed by atoms with Crippen LogP contribution in [0, 0.1) is 25.7 Å². The molecule has 0 bridgehead atoms. The Morgan fingerprint density at radius 1 is 0.647 bits per heavy atom. The third-order valence-electron chi connectivity index (χ3n) is 7.69. The topological polar surface area (TPSA) is 131 Å². The van der Waals surface area contributed by atoms with Gasteiger partial charge in [0.15, 0.2) is 0 Å². The fourth-order valence-corrected chi connectivity index (χ4v) is 5.47. The smallest absolute Gasteiger partial charge is 0.148 e. The van der Waals surface area contributed by atoms with E-state index in [9.17, 15) is 10.2 Å². The summed E-state index contributed by atoms with van der Waals surface area (Å²) in [4.78, 5) is 2.85. The Morgan fingerprint density at radius 2 is 1.10 bits per heavy atom. The number of phenolic OH excluding ortho intramolecular Hbond substituents is 2. The van der Waals surface area contributed by atoms with E-state index in [1.54, 1.807) is 30.3 Å². The lowest BCUT2D eigenvalue weighted by Gasteiger charge is -2.12. The van der Waals surface area contributed by atoms with Crippen molar-refractivity contribution < 1.29 is 20.1 Å². The molecule has 0 saturated carbocycles. The van der Waals surface area contributed by atoms with E-state index in [2.05, 4.69) is 48.1 Å². The predicted molar refractivity (Wildman–Crippen MR) is 206 cm³/mol. The zero-order chi connectivity index (χ0) is 37.2. The lowest BCUT2D eigenvalue weighted by Crippen LogP contribution is -2.04. The molecule has 6 rings (SSSR count). The molecule has 0 aliphatic rings. The maximum atomic E-state index is 10.6. The number of aromatic nitrogens is 6. The first-order valence-corrected chi connectivity index (χ1v) is 18.0. The van der Waals surface area contributed by atoms with Gasteiger partial charge in [0.2, 0.25) is 0 Å². The van der Waals surface area contributed by atoms with Crippen molar-refractivity contribution in [2.24, 2.45) is 11.8 Å². The van der Waals surface area contributed by atoms with Crippen molar-refractivity contribution in [3.8, 4) is 22.9 Å². The predicted octanol–water partition coefficient (Wildman–Crippen LogP) is 9.50. The molecule has 10 nitrogen and oxygen atoms in total. The van der Waals surface area contributed by atoms with Crippen molar-refractivity contribution in [2.45, 2.75) is 66.9 Å². The second kappa shape index (κ2) is 18.5. The molecule has 0 unspecified atom stereocenters. The monoisotopic (exact) mass is 754 g/mol. The summed E-state index contributed by atoms with van der Waals surface area (Å²) in [6, 6.07) is 18.0. The number of aliphatic hydroxyl groups excluding tert-OH is 1. The fourth-order valence-electron chi connectivity index (χ4n) is 4.93. The highest BCUT2D eigenvalue weighted by molar-refractivity contribution is 6.31. The SMILES string of the molecule is CC(C)CCO.Cc1cc(CCl)c(O)c(-n2nc3ccc(Cl)cc3n2)c1.Cc1cc(COCCC(C)C)c(O)c(-n2nc3ccc(Cl)cc3n2)c1. The van der Waals surface area contributed by atoms with Crippen molar-refractivity contribution in [3.63, 3.8) is 0 Å². The van der Waals surface area contributed by atoms with Crippen LogP contribution in [-0.4, -0.2) is 58.5 Å². The van der Waals surface area contributed by atoms with Gasteiger partial charge in [-0.1, -0.05) is 57.0 Å². The van der Waals surface area contributed by atoms with Gasteiger partial charge in [0, 0.05) is 34.4 Å². The molecular formula is C38H45Cl3N6O4. The molecule has 0 atom stereocenters. The Morgan fingerprint density at radius 3 is 1.53 bits per heavy atom. The average Bonchev–Trinajstić information content (AvgIpc) is 3.69. The molecule has 0 aliphatic heterocycles. The third kappa shape index (κ3) is 11.0. The highest BCUT2D eigenvalue weighted by Crippen LogP contribution is 2.30. The molecule has 6 aromatic rings. The number of alkyl halides is 1. The van der Waals surface area contributed by atoms with E-state index in [0.29, 0.717) is 75.2 Å². The minimum Gasteiger partial charge on any atom is -0.505 e. The molecular weight excluding hydrogens is 711 g/mol. The van der Waals surface area contributed by atoms with E-state index in [4.69, 9.17) is 44.6 Å². The number of hydrogen-bond donors (Lipinski definition) is 3. The molecule has 0 radical (unpaired) electrons. The summed E-state index contributed by atoms with van der Waals surface area (Å²) in [6.07, 6.45) is 1.92. The fraction of sp³-hybridized carbons (Fsp3) is 0.368. The van der Waals surface area contributed by atoms with Gasteiger partial charge in [-0.05, 0) is 104 Å². The summed E-state index contributed by atoms with van der Waals surface area (Å²) in [7, 11) is 0. The molecule has 272 valence electrons. The summed E-state index contributed by atoms with van der Waals surface area (Å²) >= 11 is 17.8. The number of fused-ring (bicyclic) bond motifs is 2. The number of benzene rings is 4. The minimum absolute atomic E-state index is 0.0944. The molecule has 51 heavy (non-hydrogen) atoms. The molecule has 13 heteroatoms. The second-order valence-corrected chi connectivity index (χ2v) is 14.2. The van der Waals surface area contributed by atoms with Gasteiger partial charge in [0.1, 0.15) is 44.9 Å². The van der Waals surface area contributed by atoms with Gasteiger partial charge < -0.3 is 20.1 Å². The van der Waals surface area contributed by atoms with Crippen molar-refractivity contribution in [1.82, 2.24) is 30.0 Å². The number of hydrogen-bond acceptors (Lipinski definition) is 8. The number of ether oxygens (including phenoxy) is 1. The van der Waals surface area contributed by atoms with Crippen LogP contribution in [0.15, 0.2) is 60.7 Å². The molecule has 0 spiro atoms. The first kappa shape index (κ1) is 39.8. The van der Waals surface area contributed by atoms with E-state index in [1.807, 2.05) is 44.2 Å². The number of nitrogens with zero attached hydrogens (tertiary/aromatic N) is 6. The molecule has 3 N–H and O–H groups in total. The van der Waals surface area contributed by atoms with E-state index in [0.717, 1.165) is 35.0 Å². The molecule has 4 aromatic carbocycles. The van der Waals surface area contributed by atoms with Crippen LogP contribution in [0.3, 0.4) is 0 Å². The number of aliphatic hydroxyl groups is 1. The van der Waals surface area contributed by atoms with Crippen LogP contribution in [0.2, 0.25) is 10.0 Å². The van der Waals surface area contributed by atoms with Crippen LogP contribution in [-0.2, 0) is 17.2 Å². The second-order valence-electron chi connectivity index (χ2n) is 13.1. The summed E-state index contributed by atoms with van der Waals surface area (Å²) in [5, 5.41) is 47.9. The summed E-state index contributed by atoms with van der Waals surface area (Å²) in [6.45, 7) is 13.8. The first-order valence-electron chi connectivity index (χ1n) is 16.7. The van der Waals surface area contributed by atoms with Gasteiger partial charge in [-0.25, -0.2) is 0 Å². The van der Waals surface area contributed by atoms with Crippen molar-refractivity contribution in [1.29, 1.82) is 0 Å². The van der Waals surface area contributed by atoms with Crippen molar-refractivity contribution in [3.05, 3.63) is 93.0 Å². The Kier molecular flexibility index (Phi) is 14.5. The normalized spacial score (nSPS) is 11.2. The number of aryl methyl sites for hydroxylation is 2. The third-order valence-corrected chi connectivity index (χ3v) is 8.45. The van der Waals surface area contributed by atoms with Gasteiger partial charge in [-0.3, -0.25) is 0 Å². The molecule has 2 heterocycles. The lowest BCUT2D eigenvalue weighted by molar-refractivity contribution is 0.109.